The monoisotopic (exact) mass is 484 g/mol. The van der Waals surface area contributed by atoms with Crippen LogP contribution in [0.2, 0.25) is 0 Å². The standard InChI is InChI=1S/C26H24F4N4O/c1-17-3-7-20(8-4-19(13-17)18-5-9-21(27)10-6-18)25(2,30)26(35,15-34-32-16-31-33-34)23-12-11-22(28)14-24(23)29/h4-14,16-17,35H,3,15H2,1-2H3/b8-4-,19-13+,20-7-. The molecule has 182 valence electrons. The van der Waals surface area contributed by atoms with Crippen LogP contribution in [-0.2, 0) is 12.1 Å². The fourth-order valence-corrected chi connectivity index (χ4v) is 4.19. The van der Waals surface area contributed by atoms with Crippen LogP contribution in [0.4, 0.5) is 17.6 Å². The summed E-state index contributed by atoms with van der Waals surface area (Å²) in [5, 5.41) is 22.8. The van der Waals surface area contributed by atoms with Crippen molar-refractivity contribution < 1.29 is 22.7 Å². The van der Waals surface area contributed by atoms with E-state index in [9.17, 15) is 18.3 Å². The van der Waals surface area contributed by atoms with Crippen LogP contribution in [0.3, 0.4) is 0 Å². The summed E-state index contributed by atoms with van der Waals surface area (Å²) >= 11 is 0. The van der Waals surface area contributed by atoms with E-state index in [1.165, 1.54) is 18.2 Å². The minimum Gasteiger partial charge on any atom is -0.379 e. The molecule has 1 aliphatic rings. The first-order valence-electron chi connectivity index (χ1n) is 11.0. The zero-order valence-corrected chi connectivity index (χ0v) is 19.2. The van der Waals surface area contributed by atoms with Gasteiger partial charge in [0.1, 0.15) is 17.5 Å². The van der Waals surface area contributed by atoms with Crippen molar-refractivity contribution in [2.75, 3.05) is 0 Å². The molecule has 0 saturated carbocycles. The molecule has 0 bridgehead atoms. The molecule has 0 aliphatic heterocycles. The van der Waals surface area contributed by atoms with Crippen LogP contribution in [0.1, 0.15) is 31.4 Å². The van der Waals surface area contributed by atoms with Gasteiger partial charge in [0.25, 0.3) is 0 Å². The Morgan fingerprint density at radius 2 is 1.77 bits per heavy atom. The second-order valence-electron chi connectivity index (χ2n) is 8.79. The van der Waals surface area contributed by atoms with E-state index in [0.29, 0.717) is 12.5 Å². The fourth-order valence-electron chi connectivity index (χ4n) is 4.19. The summed E-state index contributed by atoms with van der Waals surface area (Å²) in [6.45, 7) is 2.50. The number of allylic oxidation sites excluding steroid dienone is 5. The number of aromatic nitrogens is 4. The maximum Gasteiger partial charge on any atom is 0.167 e. The highest BCUT2D eigenvalue weighted by atomic mass is 19.1. The average Bonchev–Trinajstić information content (AvgIpc) is 3.29. The normalized spacial score (nSPS) is 23.6. The van der Waals surface area contributed by atoms with Gasteiger partial charge in [0, 0.05) is 11.6 Å². The van der Waals surface area contributed by atoms with E-state index in [2.05, 4.69) is 15.4 Å². The number of benzene rings is 2. The van der Waals surface area contributed by atoms with Crippen LogP contribution < -0.4 is 0 Å². The molecule has 0 saturated heterocycles. The lowest BCUT2D eigenvalue weighted by Crippen LogP contribution is -2.51. The van der Waals surface area contributed by atoms with Crippen LogP contribution in [0.5, 0.6) is 0 Å². The first-order chi connectivity index (χ1) is 16.6. The molecule has 9 heteroatoms. The smallest absolute Gasteiger partial charge is 0.167 e. The third-order valence-corrected chi connectivity index (χ3v) is 6.25. The van der Waals surface area contributed by atoms with E-state index >= 15 is 4.39 Å². The molecule has 2 aromatic carbocycles. The lowest BCUT2D eigenvalue weighted by molar-refractivity contribution is -0.0984. The van der Waals surface area contributed by atoms with Gasteiger partial charge in [0.15, 0.2) is 17.6 Å². The highest BCUT2D eigenvalue weighted by molar-refractivity contribution is 5.75. The maximum atomic E-state index is 16.8. The molecule has 3 unspecified atom stereocenters. The number of halogens is 4. The third-order valence-electron chi connectivity index (χ3n) is 6.25. The van der Waals surface area contributed by atoms with Gasteiger partial charge in [-0.25, -0.2) is 17.6 Å². The summed E-state index contributed by atoms with van der Waals surface area (Å²) < 4.78 is 58.7. The van der Waals surface area contributed by atoms with Crippen molar-refractivity contribution >= 4 is 5.57 Å². The SMILES string of the molecule is CC1\C=C(c2ccc(F)cc2)/C=C\C(C(C)(F)C(O)(Cn2ncnn2)c2ccc(F)cc2F)=C\C1. The van der Waals surface area contributed by atoms with Crippen molar-refractivity contribution in [3.05, 3.63) is 107 Å². The van der Waals surface area contributed by atoms with Gasteiger partial charge in [-0.3, -0.25) is 0 Å². The first kappa shape index (κ1) is 24.5. The summed E-state index contributed by atoms with van der Waals surface area (Å²) in [4.78, 5) is 0.945. The average molecular weight is 484 g/mol. The molecule has 5 nitrogen and oxygen atoms in total. The molecule has 35 heavy (non-hydrogen) atoms. The molecule has 1 N–H and O–H groups in total. The van der Waals surface area contributed by atoms with Gasteiger partial charge in [0.2, 0.25) is 0 Å². The van der Waals surface area contributed by atoms with Crippen molar-refractivity contribution in [1.29, 1.82) is 0 Å². The largest absolute Gasteiger partial charge is 0.379 e. The third kappa shape index (κ3) is 4.95. The zero-order valence-electron chi connectivity index (χ0n) is 19.2. The van der Waals surface area contributed by atoms with Gasteiger partial charge >= 0.3 is 0 Å². The van der Waals surface area contributed by atoms with Gasteiger partial charge in [0.05, 0.1) is 6.54 Å². The second-order valence-corrected chi connectivity index (χ2v) is 8.79. The Morgan fingerprint density at radius 3 is 2.43 bits per heavy atom. The number of tetrazole rings is 1. The molecule has 1 heterocycles. The Morgan fingerprint density at radius 1 is 1.06 bits per heavy atom. The molecule has 0 radical (unpaired) electrons. The molecule has 4 rings (SSSR count). The van der Waals surface area contributed by atoms with Crippen molar-refractivity contribution in [3.8, 4) is 0 Å². The summed E-state index contributed by atoms with van der Waals surface area (Å²) in [6.07, 6.45) is 8.32. The van der Waals surface area contributed by atoms with Gasteiger partial charge < -0.3 is 5.11 Å². The van der Waals surface area contributed by atoms with Crippen LogP contribution >= 0.6 is 0 Å². The molecule has 1 aliphatic carbocycles. The van der Waals surface area contributed by atoms with Crippen LogP contribution in [0, 0.1) is 23.4 Å². The van der Waals surface area contributed by atoms with Crippen LogP contribution in [-0.4, -0.2) is 31.0 Å². The van der Waals surface area contributed by atoms with Gasteiger partial charge in [-0.05, 0) is 59.4 Å². The molecule has 1 aromatic heterocycles. The van der Waals surface area contributed by atoms with Crippen molar-refractivity contribution in [1.82, 2.24) is 20.2 Å². The Bertz CT molecular complexity index is 1280. The summed E-state index contributed by atoms with van der Waals surface area (Å²) in [6, 6.07) is 8.48. The molecule has 3 atom stereocenters. The van der Waals surface area contributed by atoms with E-state index in [1.54, 1.807) is 24.3 Å². The Hall–Kier alpha value is -3.59. The molecular weight excluding hydrogens is 460 g/mol. The highest BCUT2D eigenvalue weighted by Crippen LogP contribution is 2.45. The van der Waals surface area contributed by atoms with Crippen molar-refractivity contribution in [3.63, 3.8) is 0 Å². The zero-order chi connectivity index (χ0) is 25.2. The number of hydrogen-bond acceptors (Lipinski definition) is 4. The summed E-state index contributed by atoms with van der Waals surface area (Å²) in [5.74, 6) is -2.35. The molecule has 3 aromatic rings. The lowest BCUT2D eigenvalue weighted by atomic mass is 9.74. The summed E-state index contributed by atoms with van der Waals surface area (Å²) in [7, 11) is 0. The van der Waals surface area contributed by atoms with E-state index < -0.39 is 35.0 Å². The van der Waals surface area contributed by atoms with E-state index in [0.717, 1.165) is 41.3 Å². The molecule has 0 spiro atoms. The minimum atomic E-state index is -2.57. The highest BCUT2D eigenvalue weighted by Gasteiger charge is 2.53. The molecule has 0 fully saturated rings. The Balaban J connectivity index is 1.80. The van der Waals surface area contributed by atoms with Gasteiger partial charge in [-0.15, -0.1) is 10.2 Å². The Labute approximate surface area is 200 Å². The predicted octanol–water partition coefficient (Wildman–Crippen LogP) is 5.31. The topological polar surface area (TPSA) is 63.8 Å². The van der Waals surface area contributed by atoms with E-state index in [4.69, 9.17) is 0 Å². The minimum absolute atomic E-state index is 0.0153. The maximum absolute atomic E-state index is 16.8. The molecular formula is C26H24F4N4O. The lowest BCUT2D eigenvalue weighted by Gasteiger charge is -2.40. The summed E-state index contributed by atoms with van der Waals surface area (Å²) in [5.41, 5.74) is -3.97. The fraction of sp³-hybridized carbons (Fsp3) is 0.269. The van der Waals surface area contributed by atoms with E-state index in [-0.39, 0.29) is 17.3 Å². The van der Waals surface area contributed by atoms with Gasteiger partial charge in [-0.2, -0.15) is 4.80 Å². The first-order valence-corrected chi connectivity index (χ1v) is 11.0. The second kappa shape index (κ2) is 9.58. The number of hydrogen-bond donors (Lipinski definition) is 1. The number of rotatable bonds is 6. The van der Waals surface area contributed by atoms with Gasteiger partial charge in [-0.1, -0.05) is 49.4 Å². The molecule has 0 amide bonds. The number of alkyl halides is 1. The van der Waals surface area contributed by atoms with Crippen molar-refractivity contribution in [2.45, 2.75) is 38.1 Å². The quantitative estimate of drug-likeness (QED) is 0.482. The van der Waals surface area contributed by atoms with E-state index in [1.807, 2.05) is 13.0 Å². The van der Waals surface area contributed by atoms with Crippen LogP contribution in [0.15, 0.2) is 78.7 Å². The number of nitrogens with zero attached hydrogens (tertiary/aromatic N) is 4. The van der Waals surface area contributed by atoms with Crippen LogP contribution in [0.25, 0.3) is 5.57 Å². The van der Waals surface area contributed by atoms with Crippen molar-refractivity contribution in [2.24, 2.45) is 5.92 Å². The predicted molar refractivity (Wildman–Crippen MR) is 123 cm³/mol. The number of aliphatic hydroxyl groups is 1. The Kier molecular flexibility index (Phi) is 6.71.